The molecule has 142 valence electrons. The highest BCUT2D eigenvalue weighted by atomic mass is 32.2. The first-order chi connectivity index (χ1) is 12.2. The molecule has 1 aromatic heterocycles. The Morgan fingerprint density at radius 1 is 1.23 bits per heavy atom. The maximum Gasteiger partial charge on any atom is 0.230 e. The fraction of sp³-hybridized carbons (Fsp3) is 0.550. The lowest BCUT2D eigenvalue weighted by Gasteiger charge is -2.19. The fourth-order valence-electron chi connectivity index (χ4n) is 2.76. The molecule has 5 nitrogen and oxygen atoms in total. The topological polar surface area (TPSA) is 59.8 Å². The van der Waals surface area contributed by atoms with Gasteiger partial charge in [0.1, 0.15) is 0 Å². The van der Waals surface area contributed by atoms with Crippen LogP contribution in [0.1, 0.15) is 53.0 Å². The molecular weight excluding hydrogens is 344 g/mol. The molecule has 1 N–H and O–H groups in total. The summed E-state index contributed by atoms with van der Waals surface area (Å²) < 4.78 is 1.94. The van der Waals surface area contributed by atoms with Gasteiger partial charge in [0, 0.05) is 18.7 Å². The second kappa shape index (κ2) is 8.71. The van der Waals surface area contributed by atoms with Gasteiger partial charge in [-0.1, -0.05) is 70.1 Å². The number of nitrogens with zero attached hydrogens (tertiary/aromatic N) is 3. The third kappa shape index (κ3) is 5.34. The number of aromatic nitrogens is 3. The van der Waals surface area contributed by atoms with Crippen LogP contribution in [0.5, 0.6) is 0 Å². The molecule has 0 saturated heterocycles. The number of carbonyl (C=O) groups is 1. The van der Waals surface area contributed by atoms with Crippen molar-refractivity contribution in [1.29, 1.82) is 0 Å². The Morgan fingerprint density at radius 3 is 2.46 bits per heavy atom. The van der Waals surface area contributed by atoms with Crippen LogP contribution in [0, 0.1) is 0 Å². The molecule has 0 saturated carbocycles. The number of hydrogen-bond donors (Lipinski definition) is 1. The Hall–Kier alpha value is -1.82. The largest absolute Gasteiger partial charge is 0.353 e. The molecule has 0 aliphatic carbocycles. The zero-order valence-electron chi connectivity index (χ0n) is 16.7. The minimum absolute atomic E-state index is 0.0371. The fourth-order valence-corrected chi connectivity index (χ4v) is 3.49. The van der Waals surface area contributed by atoms with Crippen molar-refractivity contribution in [3.8, 4) is 11.4 Å². The van der Waals surface area contributed by atoms with Crippen LogP contribution >= 0.6 is 11.8 Å². The minimum atomic E-state index is 0.0371. The van der Waals surface area contributed by atoms with Gasteiger partial charge in [0.05, 0.1) is 5.75 Å². The predicted molar refractivity (Wildman–Crippen MR) is 108 cm³/mol. The van der Waals surface area contributed by atoms with Crippen molar-refractivity contribution in [1.82, 2.24) is 20.1 Å². The van der Waals surface area contributed by atoms with Crippen molar-refractivity contribution >= 4 is 17.7 Å². The van der Waals surface area contributed by atoms with Gasteiger partial charge in [-0.15, -0.1) is 10.2 Å². The van der Waals surface area contributed by atoms with Gasteiger partial charge < -0.3 is 9.88 Å². The highest BCUT2D eigenvalue weighted by Gasteiger charge is 2.16. The average Bonchev–Trinajstić information content (AvgIpc) is 2.93. The van der Waals surface area contributed by atoms with E-state index in [9.17, 15) is 4.79 Å². The Labute approximate surface area is 161 Å². The number of carbonyl (C=O) groups excluding carboxylic acids is 1. The Bertz CT molecular complexity index is 731. The van der Waals surface area contributed by atoms with E-state index in [1.807, 2.05) is 18.5 Å². The van der Waals surface area contributed by atoms with E-state index in [4.69, 9.17) is 0 Å². The maximum absolute atomic E-state index is 12.0. The number of amides is 1. The van der Waals surface area contributed by atoms with E-state index in [1.54, 1.807) is 0 Å². The molecule has 1 amide bonds. The van der Waals surface area contributed by atoms with E-state index >= 15 is 0 Å². The predicted octanol–water partition coefficient (Wildman–Crippen LogP) is 4.18. The van der Waals surface area contributed by atoms with Gasteiger partial charge in [0.2, 0.25) is 5.91 Å². The van der Waals surface area contributed by atoms with Gasteiger partial charge >= 0.3 is 0 Å². The summed E-state index contributed by atoms with van der Waals surface area (Å²) in [5.41, 5.74) is 2.44. The lowest BCUT2D eigenvalue weighted by atomic mass is 9.87. The molecule has 26 heavy (non-hydrogen) atoms. The Kier molecular flexibility index (Phi) is 6.87. The summed E-state index contributed by atoms with van der Waals surface area (Å²) in [6.07, 6.45) is 2.06. The molecule has 0 radical (unpaired) electrons. The maximum atomic E-state index is 12.0. The van der Waals surface area contributed by atoms with Gasteiger partial charge in [-0.25, -0.2) is 0 Å². The van der Waals surface area contributed by atoms with E-state index in [0.717, 1.165) is 29.4 Å². The normalized spacial score (nSPS) is 12.8. The van der Waals surface area contributed by atoms with E-state index in [2.05, 4.69) is 67.5 Å². The van der Waals surface area contributed by atoms with Gasteiger partial charge in [-0.05, 0) is 24.3 Å². The van der Waals surface area contributed by atoms with Gasteiger partial charge in [0.25, 0.3) is 0 Å². The molecule has 0 aliphatic rings. The second-order valence-corrected chi connectivity index (χ2v) is 8.68. The average molecular weight is 375 g/mol. The van der Waals surface area contributed by atoms with Crippen LogP contribution in [0.15, 0.2) is 29.4 Å². The number of nitrogens with one attached hydrogen (secondary N) is 1. The highest BCUT2D eigenvalue weighted by molar-refractivity contribution is 7.99. The molecule has 6 heteroatoms. The van der Waals surface area contributed by atoms with Crippen LogP contribution in [-0.2, 0) is 17.3 Å². The summed E-state index contributed by atoms with van der Waals surface area (Å²) >= 11 is 1.42. The zero-order chi connectivity index (χ0) is 19.3. The molecule has 1 unspecified atom stereocenters. The molecule has 0 bridgehead atoms. The first kappa shape index (κ1) is 20.5. The van der Waals surface area contributed by atoms with Crippen molar-refractivity contribution in [2.45, 2.75) is 64.1 Å². The quantitative estimate of drug-likeness (QED) is 0.739. The number of thioether (sulfide) groups is 1. The monoisotopic (exact) mass is 374 g/mol. The third-order valence-corrected chi connectivity index (χ3v) is 5.33. The number of hydrogen-bond acceptors (Lipinski definition) is 4. The number of benzene rings is 1. The van der Waals surface area contributed by atoms with E-state index in [0.29, 0.717) is 5.75 Å². The van der Waals surface area contributed by atoms with Crippen molar-refractivity contribution in [3.05, 3.63) is 29.8 Å². The molecule has 0 fully saturated rings. The van der Waals surface area contributed by atoms with E-state index < -0.39 is 0 Å². The standard InChI is InChI=1S/C20H30N4OS/c1-7-8-14(2)21-17(25)13-26-19-23-22-18(24(19)6)15-9-11-16(12-10-15)20(3,4)5/h9-12,14H,7-8,13H2,1-6H3,(H,21,25). The molecule has 1 aromatic carbocycles. The summed E-state index contributed by atoms with van der Waals surface area (Å²) in [6, 6.07) is 8.65. The third-order valence-electron chi connectivity index (χ3n) is 4.31. The van der Waals surface area contributed by atoms with Crippen LogP contribution in [-0.4, -0.2) is 32.5 Å². The van der Waals surface area contributed by atoms with Crippen LogP contribution < -0.4 is 5.32 Å². The molecule has 1 atom stereocenters. The van der Waals surface area contributed by atoms with E-state index in [1.165, 1.54) is 17.3 Å². The summed E-state index contributed by atoms with van der Waals surface area (Å²) in [4.78, 5) is 12.0. The van der Waals surface area contributed by atoms with Gasteiger partial charge in [-0.2, -0.15) is 0 Å². The Balaban J connectivity index is 2.02. The van der Waals surface area contributed by atoms with Gasteiger partial charge in [-0.3, -0.25) is 4.79 Å². The molecule has 0 aliphatic heterocycles. The van der Waals surface area contributed by atoms with Crippen LogP contribution in [0.2, 0.25) is 0 Å². The molecule has 2 rings (SSSR count). The van der Waals surface area contributed by atoms with Crippen LogP contribution in [0.25, 0.3) is 11.4 Å². The second-order valence-electron chi connectivity index (χ2n) is 7.74. The number of rotatable bonds is 7. The minimum Gasteiger partial charge on any atom is -0.353 e. The first-order valence-corrected chi connectivity index (χ1v) is 10.1. The summed E-state index contributed by atoms with van der Waals surface area (Å²) in [5.74, 6) is 1.20. The summed E-state index contributed by atoms with van der Waals surface area (Å²) in [5, 5.41) is 12.3. The van der Waals surface area contributed by atoms with Crippen molar-refractivity contribution < 1.29 is 4.79 Å². The van der Waals surface area contributed by atoms with Crippen molar-refractivity contribution in [2.75, 3.05) is 5.75 Å². The van der Waals surface area contributed by atoms with Crippen LogP contribution in [0.3, 0.4) is 0 Å². The molecule has 1 heterocycles. The lowest BCUT2D eigenvalue weighted by molar-refractivity contribution is -0.119. The van der Waals surface area contributed by atoms with Crippen LogP contribution in [0.4, 0.5) is 0 Å². The lowest BCUT2D eigenvalue weighted by Crippen LogP contribution is -2.33. The smallest absolute Gasteiger partial charge is 0.230 e. The van der Waals surface area contributed by atoms with E-state index in [-0.39, 0.29) is 17.4 Å². The molecule has 0 spiro atoms. The SMILES string of the molecule is CCCC(C)NC(=O)CSc1nnc(-c2ccc(C(C)(C)C)cc2)n1C. The van der Waals surface area contributed by atoms with Crippen molar-refractivity contribution in [3.63, 3.8) is 0 Å². The molecular formula is C20H30N4OS. The Morgan fingerprint density at radius 2 is 1.88 bits per heavy atom. The zero-order valence-corrected chi connectivity index (χ0v) is 17.5. The summed E-state index contributed by atoms with van der Waals surface area (Å²) in [7, 11) is 1.94. The molecule has 2 aromatic rings. The van der Waals surface area contributed by atoms with Gasteiger partial charge in [0.15, 0.2) is 11.0 Å². The van der Waals surface area contributed by atoms with Crippen molar-refractivity contribution in [2.24, 2.45) is 7.05 Å². The first-order valence-electron chi connectivity index (χ1n) is 9.14. The summed E-state index contributed by atoms with van der Waals surface area (Å²) in [6.45, 7) is 10.8. The highest BCUT2D eigenvalue weighted by Crippen LogP contribution is 2.26.